The Morgan fingerprint density at radius 2 is 1.13 bits per heavy atom. The van der Waals surface area contributed by atoms with E-state index >= 15 is 0 Å². The highest BCUT2D eigenvalue weighted by atomic mass is 19.4. The molecule has 0 aliphatic rings. The molecule has 1 aromatic heterocycles. The average Bonchev–Trinajstić information content (AvgIpc) is 2.65. The summed E-state index contributed by atoms with van der Waals surface area (Å²) >= 11 is 0. The number of rotatable bonds is 5. The Morgan fingerprint density at radius 1 is 0.700 bits per heavy atom. The molecule has 0 saturated heterocycles. The number of halogens is 6. The molecule has 0 N–H and O–H groups in total. The summed E-state index contributed by atoms with van der Waals surface area (Å²) in [7, 11) is 0. The van der Waals surface area contributed by atoms with Gasteiger partial charge in [0.1, 0.15) is 17.8 Å². The molecule has 1 heterocycles. The number of ether oxygens (including phenoxy) is 2. The van der Waals surface area contributed by atoms with Crippen LogP contribution in [0.5, 0.6) is 11.5 Å². The zero-order chi connectivity index (χ0) is 21.9. The molecule has 0 unspecified atom stereocenters. The number of carbonyl (C=O) groups is 1. The van der Waals surface area contributed by atoms with Gasteiger partial charge in [-0.2, -0.15) is 0 Å². The molecule has 0 aliphatic carbocycles. The van der Waals surface area contributed by atoms with Gasteiger partial charge in [-0.1, -0.05) is 24.3 Å². The van der Waals surface area contributed by atoms with Crippen molar-refractivity contribution in [1.82, 2.24) is 4.98 Å². The van der Waals surface area contributed by atoms with Gasteiger partial charge in [0.15, 0.2) is 0 Å². The molecule has 0 saturated carbocycles. The molecule has 0 spiro atoms. The van der Waals surface area contributed by atoms with E-state index in [1.807, 2.05) is 0 Å². The number of nitrogens with zero attached hydrogens (tertiary/aromatic N) is 1. The first kappa shape index (κ1) is 21.2. The first-order chi connectivity index (χ1) is 14.0. The number of alkyl halides is 6. The molecule has 0 amide bonds. The lowest BCUT2D eigenvalue weighted by Gasteiger charge is -2.12. The molecule has 30 heavy (non-hydrogen) atoms. The van der Waals surface area contributed by atoms with Crippen LogP contribution in [0.3, 0.4) is 0 Å². The van der Waals surface area contributed by atoms with E-state index in [1.54, 1.807) is 0 Å². The fourth-order valence-electron chi connectivity index (χ4n) is 2.62. The Hall–Kier alpha value is -3.56. The Morgan fingerprint density at radius 3 is 1.50 bits per heavy atom. The molecule has 0 radical (unpaired) electrons. The number of carbonyl (C=O) groups excluding carboxylic acids is 1. The first-order valence-corrected chi connectivity index (χ1v) is 8.22. The number of benzene rings is 2. The molecule has 4 nitrogen and oxygen atoms in total. The van der Waals surface area contributed by atoms with E-state index in [0.29, 0.717) is 6.29 Å². The lowest BCUT2D eigenvalue weighted by Crippen LogP contribution is -2.17. The topological polar surface area (TPSA) is 48.4 Å². The van der Waals surface area contributed by atoms with Crippen LogP contribution >= 0.6 is 0 Å². The monoisotopic (exact) mass is 427 g/mol. The highest BCUT2D eigenvalue weighted by Gasteiger charge is 2.32. The van der Waals surface area contributed by atoms with Crippen LogP contribution in [0.4, 0.5) is 26.3 Å². The number of pyridine rings is 1. The zero-order valence-electron chi connectivity index (χ0n) is 14.8. The smallest absolute Gasteiger partial charge is 0.406 e. The molecular weight excluding hydrogens is 416 g/mol. The predicted octanol–water partition coefficient (Wildman–Crippen LogP) is 6.03. The van der Waals surface area contributed by atoms with Crippen LogP contribution < -0.4 is 9.47 Å². The minimum atomic E-state index is -4.89. The van der Waals surface area contributed by atoms with Crippen molar-refractivity contribution in [3.63, 3.8) is 0 Å². The summed E-state index contributed by atoms with van der Waals surface area (Å²) in [5.41, 5.74) is 0.807. The summed E-state index contributed by atoms with van der Waals surface area (Å²) in [4.78, 5) is 15.6. The van der Waals surface area contributed by atoms with Crippen molar-refractivity contribution in [3.8, 4) is 34.0 Å². The van der Waals surface area contributed by atoms with Crippen LogP contribution in [0.15, 0.2) is 60.7 Å². The van der Waals surface area contributed by atoms with Crippen LogP contribution in [0.2, 0.25) is 0 Å². The van der Waals surface area contributed by atoms with Gasteiger partial charge in [0.05, 0.1) is 11.4 Å². The van der Waals surface area contributed by atoms with Gasteiger partial charge in [-0.25, -0.2) is 4.98 Å². The quantitative estimate of drug-likeness (QED) is 0.369. The van der Waals surface area contributed by atoms with Crippen molar-refractivity contribution >= 4 is 6.29 Å². The lowest BCUT2D eigenvalue weighted by atomic mass is 10.0. The molecule has 2 aromatic carbocycles. The van der Waals surface area contributed by atoms with Crippen LogP contribution in [-0.2, 0) is 0 Å². The van der Waals surface area contributed by atoms with Gasteiger partial charge in [0.2, 0.25) is 0 Å². The van der Waals surface area contributed by atoms with Gasteiger partial charge >= 0.3 is 12.7 Å². The van der Waals surface area contributed by atoms with E-state index < -0.39 is 24.2 Å². The predicted molar refractivity (Wildman–Crippen MR) is 93.9 cm³/mol. The second-order valence-corrected chi connectivity index (χ2v) is 5.94. The highest BCUT2D eigenvalue weighted by Crippen LogP contribution is 2.31. The minimum absolute atomic E-state index is 0.124. The number of hydrogen-bond acceptors (Lipinski definition) is 4. The molecule has 0 fully saturated rings. The SMILES string of the molecule is O=Cc1cc(-c2cccc(OC(F)(F)F)c2)nc(-c2cccc(OC(F)(F)F)c2)c1. The Labute approximate surface area is 165 Å². The van der Waals surface area contributed by atoms with Crippen LogP contribution in [-0.4, -0.2) is 24.0 Å². The molecule has 3 rings (SSSR count). The molecule has 3 aromatic rings. The molecular formula is C20H11F6NO3. The fourth-order valence-corrected chi connectivity index (χ4v) is 2.62. The number of aromatic nitrogens is 1. The molecule has 0 bridgehead atoms. The van der Waals surface area contributed by atoms with Crippen molar-refractivity contribution < 1.29 is 40.6 Å². The van der Waals surface area contributed by atoms with Gasteiger partial charge in [-0.15, -0.1) is 26.3 Å². The molecule has 10 heteroatoms. The fraction of sp³-hybridized carbons (Fsp3) is 0.100. The van der Waals surface area contributed by atoms with Crippen LogP contribution in [0.1, 0.15) is 10.4 Å². The summed E-state index contributed by atoms with van der Waals surface area (Å²) < 4.78 is 82.5. The maximum atomic E-state index is 12.5. The van der Waals surface area contributed by atoms with Gasteiger partial charge in [-0.05, 0) is 36.4 Å². The van der Waals surface area contributed by atoms with Crippen molar-refractivity contribution in [2.24, 2.45) is 0 Å². The Kier molecular flexibility index (Phi) is 5.68. The third-order valence-corrected chi connectivity index (χ3v) is 3.71. The Balaban J connectivity index is 2.02. The molecule has 0 aliphatic heterocycles. The Bertz CT molecular complexity index is 985. The summed E-state index contributed by atoms with van der Waals surface area (Å²) in [6, 6.07) is 12.5. The number of hydrogen-bond donors (Lipinski definition) is 0. The highest BCUT2D eigenvalue weighted by molar-refractivity contribution is 5.81. The zero-order valence-corrected chi connectivity index (χ0v) is 14.8. The van der Waals surface area contributed by atoms with E-state index in [-0.39, 0.29) is 28.1 Å². The van der Waals surface area contributed by atoms with E-state index in [4.69, 9.17) is 0 Å². The first-order valence-electron chi connectivity index (χ1n) is 8.22. The van der Waals surface area contributed by atoms with Crippen molar-refractivity contribution in [2.75, 3.05) is 0 Å². The van der Waals surface area contributed by atoms with Gasteiger partial charge < -0.3 is 9.47 Å². The second-order valence-electron chi connectivity index (χ2n) is 5.94. The summed E-state index contributed by atoms with van der Waals surface area (Å²) in [5.74, 6) is -0.971. The van der Waals surface area contributed by atoms with Gasteiger partial charge in [0, 0.05) is 16.7 Å². The van der Waals surface area contributed by atoms with E-state index in [0.717, 1.165) is 24.3 Å². The van der Waals surface area contributed by atoms with Crippen molar-refractivity contribution in [1.29, 1.82) is 0 Å². The third kappa shape index (κ3) is 5.72. The third-order valence-electron chi connectivity index (χ3n) is 3.71. The second kappa shape index (κ2) is 8.05. The lowest BCUT2D eigenvalue weighted by molar-refractivity contribution is -0.275. The summed E-state index contributed by atoms with van der Waals surface area (Å²) in [6.07, 6.45) is -9.29. The van der Waals surface area contributed by atoms with Gasteiger partial charge in [0.25, 0.3) is 0 Å². The average molecular weight is 427 g/mol. The maximum absolute atomic E-state index is 12.5. The van der Waals surface area contributed by atoms with Crippen LogP contribution in [0.25, 0.3) is 22.5 Å². The summed E-state index contributed by atoms with van der Waals surface area (Å²) in [6.45, 7) is 0. The van der Waals surface area contributed by atoms with Crippen molar-refractivity contribution in [2.45, 2.75) is 12.7 Å². The molecule has 0 atom stereocenters. The molecule has 156 valence electrons. The normalized spacial score (nSPS) is 11.8. The van der Waals surface area contributed by atoms with E-state index in [2.05, 4.69) is 14.5 Å². The number of aldehydes is 1. The van der Waals surface area contributed by atoms with E-state index in [1.165, 1.54) is 36.4 Å². The summed E-state index contributed by atoms with van der Waals surface area (Å²) in [5, 5.41) is 0. The van der Waals surface area contributed by atoms with Crippen molar-refractivity contribution in [3.05, 3.63) is 66.2 Å². The van der Waals surface area contributed by atoms with Crippen LogP contribution in [0, 0.1) is 0 Å². The largest absolute Gasteiger partial charge is 0.573 e. The standard InChI is InChI=1S/C20H11F6NO3/c21-19(22,23)29-15-5-1-3-13(9-15)17-7-12(11-28)8-18(27-17)14-4-2-6-16(10-14)30-20(24,25)26/h1-11H. The van der Waals surface area contributed by atoms with Gasteiger partial charge in [-0.3, -0.25) is 4.79 Å². The minimum Gasteiger partial charge on any atom is -0.406 e. The maximum Gasteiger partial charge on any atom is 0.573 e. The van der Waals surface area contributed by atoms with E-state index in [9.17, 15) is 31.1 Å².